The first-order chi connectivity index (χ1) is 9.10. The molecule has 0 unspecified atom stereocenters. The fourth-order valence-corrected chi connectivity index (χ4v) is 2.50. The molecule has 0 saturated carbocycles. The van der Waals surface area contributed by atoms with Gasteiger partial charge in [-0.25, -0.2) is 0 Å². The Balaban J connectivity index is 1.96. The predicted octanol–water partition coefficient (Wildman–Crippen LogP) is 2.06. The van der Waals surface area contributed by atoms with E-state index < -0.39 is 0 Å². The van der Waals surface area contributed by atoms with Crippen LogP contribution in [0.3, 0.4) is 0 Å². The van der Waals surface area contributed by atoms with Gasteiger partial charge in [0.2, 0.25) is 0 Å². The number of aryl methyl sites for hydroxylation is 1. The van der Waals surface area contributed by atoms with E-state index in [1.165, 1.54) is 11.3 Å². The molecule has 1 amide bonds. The summed E-state index contributed by atoms with van der Waals surface area (Å²) in [5, 5.41) is 11.8. The lowest BCUT2D eigenvalue weighted by Crippen LogP contribution is -2.21. The van der Waals surface area contributed by atoms with Crippen LogP contribution in [0.1, 0.15) is 25.7 Å². The van der Waals surface area contributed by atoms with E-state index in [1.807, 2.05) is 31.2 Å². The highest BCUT2D eigenvalue weighted by atomic mass is 32.1. The van der Waals surface area contributed by atoms with Crippen LogP contribution < -0.4 is 11.1 Å². The molecule has 4 N–H and O–H groups in total. The van der Waals surface area contributed by atoms with E-state index in [2.05, 4.69) is 5.32 Å². The minimum absolute atomic E-state index is 0.0282. The number of amides is 1. The molecular formula is C14H16N2O2S. The molecular weight excluding hydrogens is 260 g/mol. The Hall–Kier alpha value is -1.85. The Morgan fingerprint density at radius 1 is 1.32 bits per heavy atom. The van der Waals surface area contributed by atoms with Gasteiger partial charge in [0.05, 0.1) is 11.5 Å². The van der Waals surface area contributed by atoms with Gasteiger partial charge in [-0.1, -0.05) is 24.3 Å². The van der Waals surface area contributed by atoms with Gasteiger partial charge in [-0.15, -0.1) is 11.3 Å². The van der Waals surface area contributed by atoms with Crippen molar-refractivity contribution in [3.63, 3.8) is 0 Å². The lowest BCUT2D eigenvalue weighted by Gasteiger charge is -2.04. The number of hydrogen-bond donors (Lipinski definition) is 3. The maximum Gasteiger partial charge on any atom is 0.261 e. The maximum atomic E-state index is 11.9. The number of aliphatic hydroxyl groups is 1. The fourth-order valence-electron chi connectivity index (χ4n) is 1.64. The van der Waals surface area contributed by atoms with Crippen LogP contribution in [0.2, 0.25) is 0 Å². The highest BCUT2D eigenvalue weighted by Gasteiger charge is 2.10. The van der Waals surface area contributed by atoms with Crippen LogP contribution in [-0.2, 0) is 13.2 Å². The van der Waals surface area contributed by atoms with E-state index in [-0.39, 0.29) is 12.5 Å². The van der Waals surface area contributed by atoms with E-state index >= 15 is 0 Å². The Morgan fingerprint density at radius 2 is 1.95 bits per heavy atom. The van der Waals surface area contributed by atoms with Crippen molar-refractivity contribution < 1.29 is 9.90 Å². The summed E-state index contributed by atoms with van der Waals surface area (Å²) in [6.07, 6.45) is 0. The number of anilines is 1. The van der Waals surface area contributed by atoms with E-state index in [0.717, 1.165) is 16.0 Å². The Morgan fingerprint density at radius 3 is 2.47 bits per heavy atom. The first-order valence-corrected chi connectivity index (χ1v) is 6.74. The second kappa shape index (κ2) is 5.86. The zero-order chi connectivity index (χ0) is 13.8. The first-order valence-electron chi connectivity index (χ1n) is 5.93. The molecule has 1 heterocycles. The standard InChI is InChI=1S/C14H16N2O2S/c1-9-12(15)6-13(19-9)14(18)16-7-10-2-4-11(8-17)5-3-10/h2-6,17H,7-8,15H2,1H3,(H,16,18). The summed E-state index contributed by atoms with van der Waals surface area (Å²) in [7, 11) is 0. The van der Waals surface area contributed by atoms with Gasteiger partial charge in [-0.05, 0) is 24.1 Å². The van der Waals surface area contributed by atoms with Crippen LogP contribution in [0, 0.1) is 6.92 Å². The molecule has 0 spiro atoms. The molecule has 0 radical (unpaired) electrons. The molecule has 0 aliphatic heterocycles. The molecule has 1 aromatic heterocycles. The summed E-state index contributed by atoms with van der Waals surface area (Å²) in [5.41, 5.74) is 8.23. The number of nitrogens with two attached hydrogens (primary N) is 1. The first kappa shape index (κ1) is 13.6. The third kappa shape index (κ3) is 3.33. The van der Waals surface area contributed by atoms with Crippen molar-refractivity contribution in [3.05, 3.63) is 51.2 Å². The number of rotatable bonds is 4. The second-order valence-corrected chi connectivity index (χ2v) is 5.54. The number of nitrogens with one attached hydrogen (secondary N) is 1. The predicted molar refractivity (Wildman–Crippen MR) is 77.0 cm³/mol. The van der Waals surface area contributed by atoms with Crippen molar-refractivity contribution >= 4 is 22.9 Å². The molecule has 2 rings (SSSR count). The van der Waals surface area contributed by atoms with Gasteiger partial charge in [0, 0.05) is 17.1 Å². The van der Waals surface area contributed by atoms with Crippen molar-refractivity contribution in [1.29, 1.82) is 0 Å². The third-order valence-corrected chi connectivity index (χ3v) is 3.90. The number of aliphatic hydroxyl groups excluding tert-OH is 1. The number of carbonyl (C=O) groups excluding carboxylic acids is 1. The molecule has 0 aliphatic rings. The average Bonchev–Trinajstić information content (AvgIpc) is 2.77. The Kier molecular flexibility index (Phi) is 4.19. The van der Waals surface area contributed by atoms with Gasteiger partial charge in [-0.3, -0.25) is 4.79 Å². The van der Waals surface area contributed by atoms with E-state index in [9.17, 15) is 4.79 Å². The van der Waals surface area contributed by atoms with E-state index in [1.54, 1.807) is 6.07 Å². The van der Waals surface area contributed by atoms with Gasteiger partial charge in [0.1, 0.15) is 0 Å². The number of benzene rings is 1. The quantitative estimate of drug-likeness (QED) is 0.800. The summed E-state index contributed by atoms with van der Waals surface area (Å²) < 4.78 is 0. The summed E-state index contributed by atoms with van der Waals surface area (Å²) in [4.78, 5) is 13.5. The third-order valence-electron chi connectivity index (χ3n) is 2.84. The van der Waals surface area contributed by atoms with Crippen molar-refractivity contribution in [2.45, 2.75) is 20.1 Å². The fraction of sp³-hybridized carbons (Fsp3) is 0.214. The van der Waals surface area contributed by atoms with Crippen LogP contribution in [0.15, 0.2) is 30.3 Å². The number of thiophene rings is 1. The molecule has 2 aromatic rings. The van der Waals surface area contributed by atoms with Crippen LogP contribution in [-0.4, -0.2) is 11.0 Å². The Labute approximate surface area is 115 Å². The topological polar surface area (TPSA) is 75.3 Å². The summed E-state index contributed by atoms with van der Waals surface area (Å²) in [6, 6.07) is 9.16. The van der Waals surface area contributed by atoms with Crippen molar-refractivity contribution in [2.75, 3.05) is 5.73 Å². The highest BCUT2D eigenvalue weighted by Crippen LogP contribution is 2.23. The Bertz CT molecular complexity index is 556. The van der Waals surface area contributed by atoms with E-state index in [4.69, 9.17) is 10.8 Å². The summed E-state index contributed by atoms with van der Waals surface area (Å²) in [6.45, 7) is 2.38. The van der Waals surface area contributed by atoms with Crippen molar-refractivity contribution in [3.8, 4) is 0 Å². The lowest BCUT2D eigenvalue weighted by atomic mass is 10.1. The van der Waals surface area contributed by atoms with Gasteiger partial charge in [0.15, 0.2) is 0 Å². The molecule has 5 heteroatoms. The second-order valence-electron chi connectivity index (χ2n) is 4.28. The molecule has 0 aliphatic carbocycles. The SMILES string of the molecule is Cc1sc(C(=O)NCc2ccc(CO)cc2)cc1N. The molecule has 0 atom stereocenters. The number of hydrogen-bond acceptors (Lipinski definition) is 4. The van der Waals surface area contributed by atoms with Crippen molar-refractivity contribution in [2.24, 2.45) is 0 Å². The molecule has 4 nitrogen and oxygen atoms in total. The number of nitrogen functional groups attached to an aromatic ring is 1. The van der Waals surface area contributed by atoms with Crippen LogP contribution in [0.25, 0.3) is 0 Å². The van der Waals surface area contributed by atoms with Gasteiger partial charge in [0.25, 0.3) is 5.91 Å². The molecule has 0 saturated heterocycles. The van der Waals surface area contributed by atoms with Gasteiger partial charge in [-0.2, -0.15) is 0 Å². The van der Waals surface area contributed by atoms with Crippen molar-refractivity contribution in [1.82, 2.24) is 5.32 Å². The minimum Gasteiger partial charge on any atom is -0.398 e. The zero-order valence-corrected chi connectivity index (χ0v) is 11.5. The summed E-state index contributed by atoms with van der Waals surface area (Å²) in [5.74, 6) is -0.115. The van der Waals surface area contributed by atoms with Gasteiger partial charge < -0.3 is 16.2 Å². The smallest absolute Gasteiger partial charge is 0.261 e. The molecule has 100 valence electrons. The largest absolute Gasteiger partial charge is 0.398 e. The van der Waals surface area contributed by atoms with Crippen LogP contribution >= 0.6 is 11.3 Å². The molecule has 0 fully saturated rings. The van der Waals surface area contributed by atoms with E-state index in [0.29, 0.717) is 17.1 Å². The molecule has 19 heavy (non-hydrogen) atoms. The minimum atomic E-state index is -0.115. The summed E-state index contributed by atoms with van der Waals surface area (Å²) >= 11 is 1.39. The van der Waals surface area contributed by atoms with Crippen LogP contribution in [0.5, 0.6) is 0 Å². The molecule has 1 aromatic carbocycles. The zero-order valence-electron chi connectivity index (χ0n) is 10.6. The lowest BCUT2D eigenvalue weighted by molar-refractivity contribution is 0.0955. The maximum absolute atomic E-state index is 11.9. The van der Waals surface area contributed by atoms with Crippen LogP contribution in [0.4, 0.5) is 5.69 Å². The highest BCUT2D eigenvalue weighted by molar-refractivity contribution is 7.14. The van der Waals surface area contributed by atoms with Gasteiger partial charge >= 0.3 is 0 Å². The average molecular weight is 276 g/mol. The number of carbonyl (C=O) groups is 1. The molecule has 0 bridgehead atoms. The normalized spacial score (nSPS) is 10.4. The monoisotopic (exact) mass is 276 g/mol.